The Morgan fingerprint density at radius 1 is 1.41 bits per heavy atom. The molecule has 2 N–H and O–H groups in total. The topological polar surface area (TPSA) is 66.9 Å². The smallest absolute Gasteiger partial charge is 0.258 e. The van der Waals surface area contributed by atoms with Crippen LogP contribution in [0.1, 0.15) is 45.4 Å². The SMILES string of the molecule is Cc1nnc(NC(=O)c2csc(C3CC3NCC3CC3)c2)s1. The average Bonchev–Trinajstić information content (AvgIpc) is 3.38. The quantitative estimate of drug-likeness (QED) is 0.852. The largest absolute Gasteiger partial charge is 0.313 e. The number of carbonyl (C=O) groups is 1. The van der Waals surface area contributed by atoms with Crippen molar-refractivity contribution in [3.63, 3.8) is 0 Å². The van der Waals surface area contributed by atoms with Crippen molar-refractivity contribution in [3.05, 3.63) is 26.9 Å². The van der Waals surface area contributed by atoms with Crippen LogP contribution in [-0.2, 0) is 0 Å². The number of carbonyl (C=O) groups excluding carboxylic acids is 1. The summed E-state index contributed by atoms with van der Waals surface area (Å²) in [5.41, 5.74) is 0.723. The molecule has 7 heteroatoms. The molecule has 0 radical (unpaired) electrons. The van der Waals surface area contributed by atoms with Crippen molar-refractivity contribution in [2.45, 2.75) is 38.1 Å². The summed E-state index contributed by atoms with van der Waals surface area (Å²) in [6, 6.07) is 2.64. The van der Waals surface area contributed by atoms with Crippen molar-refractivity contribution in [1.29, 1.82) is 0 Å². The van der Waals surface area contributed by atoms with Crippen LogP contribution in [0.3, 0.4) is 0 Å². The second-order valence-corrected chi connectivity index (χ2v) is 8.24. The zero-order valence-electron chi connectivity index (χ0n) is 12.3. The van der Waals surface area contributed by atoms with Crippen LogP contribution in [0.5, 0.6) is 0 Å². The first-order chi connectivity index (χ1) is 10.7. The molecular formula is C15H18N4OS2. The van der Waals surface area contributed by atoms with Crippen LogP contribution in [-0.4, -0.2) is 28.7 Å². The Kier molecular flexibility index (Phi) is 3.71. The maximum absolute atomic E-state index is 12.2. The number of anilines is 1. The first-order valence-electron chi connectivity index (χ1n) is 7.62. The van der Waals surface area contributed by atoms with Gasteiger partial charge in [0.25, 0.3) is 5.91 Å². The van der Waals surface area contributed by atoms with E-state index in [4.69, 9.17) is 0 Å². The van der Waals surface area contributed by atoms with Gasteiger partial charge < -0.3 is 5.32 Å². The summed E-state index contributed by atoms with van der Waals surface area (Å²) >= 11 is 3.08. The van der Waals surface area contributed by atoms with Crippen LogP contribution in [0.15, 0.2) is 11.4 Å². The van der Waals surface area contributed by atoms with E-state index in [-0.39, 0.29) is 5.91 Å². The van der Waals surface area contributed by atoms with Crippen LogP contribution in [0, 0.1) is 12.8 Å². The second-order valence-electron chi connectivity index (χ2n) is 6.12. The Labute approximate surface area is 137 Å². The van der Waals surface area contributed by atoms with E-state index in [0.717, 1.165) is 23.0 Å². The molecule has 0 spiro atoms. The molecule has 0 aliphatic heterocycles. The molecule has 22 heavy (non-hydrogen) atoms. The lowest BCUT2D eigenvalue weighted by Gasteiger charge is -2.00. The van der Waals surface area contributed by atoms with E-state index in [2.05, 4.69) is 20.8 Å². The van der Waals surface area contributed by atoms with Crippen molar-refractivity contribution in [2.75, 3.05) is 11.9 Å². The van der Waals surface area contributed by atoms with Gasteiger partial charge in [-0.25, -0.2) is 0 Å². The van der Waals surface area contributed by atoms with Crippen LogP contribution >= 0.6 is 22.7 Å². The number of amides is 1. The predicted octanol–water partition coefficient (Wildman–Crippen LogP) is 3.02. The van der Waals surface area contributed by atoms with Crippen LogP contribution in [0.4, 0.5) is 5.13 Å². The Balaban J connectivity index is 1.34. The highest BCUT2D eigenvalue weighted by molar-refractivity contribution is 7.15. The highest BCUT2D eigenvalue weighted by atomic mass is 32.1. The molecule has 2 aliphatic carbocycles. The van der Waals surface area contributed by atoms with Crippen molar-refractivity contribution in [1.82, 2.24) is 15.5 Å². The van der Waals surface area contributed by atoms with Gasteiger partial charge >= 0.3 is 0 Å². The number of aryl methyl sites for hydroxylation is 1. The van der Waals surface area contributed by atoms with E-state index < -0.39 is 0 Å². The van der Waals surface area contributed by atoms with Gasteiger partial charge in [0.1, 0.15) is 5.01 Å². The molecule has 0 aromatic carbocycles. The molecule has 2 fully saturated rings. The summed E-state index contributed by atoms with van der Waals surface area (Å²) < 4.78 is 0. The van der Waals surface area contributed by atoms with Crippen molar-refractivity contribution in [3.8, 4) is 0 Å². The summed E-state index contributed by atoms with van der Waals surface area (Å²) in [6.45, 7) is 3.04. The average molecular weight is 334 g/mol. The third kappa shape index (κ3) is 3.21. The van der Waals surface area contributed by atoms with Crippen LogP contribution < -0.4 is 10.6 Å². The summed E-state index contributed by atoms with van der Waals surface area (Å²) in [5, 5.41) is 17.6. The lowest BCUT2D eigenvalue weighted by Crippen LogP contribution is -2.20. The molecule has 5 nitrogen and oxygen atoms in total. The number of nitrogens with one attached hydrogen (secondary N) is 2. The predicted molar refractivity (Wildman–Crippen MR) is 88.8 cm³/mol. The first-order valence-corrected chi connectivity index (χ1v) is 9.32. The normalized spacial score (nSPS) is 23.5. The molecule has 4 rings (SSSR count). The van der Waals surface area contributed by atoms with Gasteiger partial charge in [0.15, 0.2) is 0 Å². The molecule has 2 aliphatic rings. The van der Waals surface area contributed by atoms with Gasteiger partial charge in [-0.2, -0.15) is 0 Å². The summed E-state index contributed by atoms with van der Waals surface area (Å²) in [4.78, 5) is 13.5. The zero-order chi connectivity index (χ0) is 15.1. The number of hydrogen-bond acceptors (Lipinski definition) is 6. The fraction of sp³-hybridized carbons (Fsp3) is 0.533. The van der Waals surface area contributed by atoms with Crippen molar-refractivity contribution < 1.29 is 4.79 Å². The number of rotatable bonds is 6. The molecule has 2 aromatic heterocycles. The van der Waals surface area contributed by atoms with E-state index in [1.54, 1.807) is 11.3 Å². The number of nitrogens with zero attached hydrogens (tertiary/aromatic N) is 2. The number of aromatic nitrogens is 2. The molecule has 0 saturated heterocycles. The van der Waals surface area contributed by atoms with E-state index >= 15 is 0 Å². The van der Waals surface area contributed by atoms with Gasteiger partial charge in [-0.1, -0.05) is 11.3 Å². The van der Waals surface area contributed by atoms with Gasteiger partial charge in [-0.3, -0.25) is 10.1 Å². The van der Waals surface area contributed by atoms with Gasteiger partial charge in [0.05, 0.1) is 5.56 Å². The standard InChI is InChI=1S/C15H18N4OS2/c1-8-18-19-15(22-8)17-14(20)10-4-13(21-7-10)11-5-12(11)16-6-9-2-3-9/h4,7,9,11-12,16H,2-3,5-6H2,1H3,(H,17,19,20). The summed E-state index contributed by atoms with van der Waals surface area (Å²) in [7, 11) is 0. The lowest BCUT2D eigenvalue weighted by molar-refractivity contribution is 0.102. The maximum Gasteiger partial charge on any atom is 0.258 e. The minimum absolute atomic E-state index is 0.0956. The minimum Gasteiger partial charge on any atom is -0.313 e. The molecule has 2 unspecified atom stereocenters. The van der Waals surface area contributed by atoms with E-state index in [9.17, 15) is 4.79 Å². The Bertz CT molecular complexity index is 691. The highest BCUT2D eigenvalue weighted by Gasteiger charge is 2.40. The van der Waals surface area contributed by atoms with Gasteiger partial charge in [-0.05, 0) is 44.7 Å². The van der Waals surface area contributed by atoms with Gasteiger partial charge in [-0.15, -0.1) is 21.5 Å². The highest BCUT2D eigenvalue weighted by Crippen LogP contribution is 2.44. The molecule has 1 amide bonds. The monoisotopic (exact) mass is 334 g/mol. The fourth-order valence-corrected chi connectivity index (χ4v) is 4.21. The lowest BCUT2D eigenvalue weighted by atomic mass is 10.2. The Morgan fingerprint density at radius 2 is 2.27 bits per heavy atom. The molecule has 2 heterocycles. The Hall–Kier alpha value is -1.31. The number of thiophene rings is 1. The van der Waals surface area contributed by atoms with E-state index in [0.29, 0.717) is 17.1 Å². The molecular weight excluding hydrogens is 316 g/mol. The zero-order valence-corrected chi connectivity index (χ0v) is 14.0. The third-order valence-electron chi connectivity index (χ3n) is 4.15. The van der Waals surface area contributed by atoms with E-state index in [1.807, 2.05) is 18.4 Å². The first kappa shape index (κ1) is 14.3. The second kappa shape index (κ2) is 5.72. The van der Waals surface area contributed by atoms with Crippen molar-refractivity contribution >= 4 is 33.7 Å². The van der Waals surface area contributed by atoms with Crippen LogP contribution in [0.2, 0.25) is 0 Å². The molecule has 2 aromatic rings. The Morgan fingerprint density at radius 3 is 3.00 bits per heavy atom. The van der Waals surface area contributed by atoms with Gasteiger partial charge in [0, 0.05) is 22.2 Å². The summed E-state index contributed by atoms with van der Waals surface area (Å²) in [6.07, 6.45) is 3.97. The molecule has 0 bridgehead atoms. The third-order valence-corrected chi connectivity index (χ3v) is 5.97. The van der Waals surface area contributed by atoms with Crippen molar-refractivity contribution in [2.24, 2.45) is 5.92 Å². The molecule has 2 saturated carbocycles. The van der Waals surface area contributed by atoms with Gasteiger partial charge in [0.2, 0.25) is 5.13 Å². The molecule has 2 atom stereocenters. The minimum atomic E-state index is -0.0956. The fourth-order valence-electron chi connectivity index (χ4n) is 2.56. The maximum atomic E-state index is 12.2. The van der Waals surface area contributed by atoms with Crippen LogP contribution in [0.25, 0.3) is 0 Å². The number of hydrogen-bond donors (Lipinski definition) is 2. The van der Waals surface area contributed by atoms with E-state index in [1.165, 1.54) is 35.5 Å². The summed E-state index contributed by atoms with van der Waals surface area (Å²) in [5.74, 6) is 1.41. The molecule has 116 valence electrons.